The molecule has 2 aliphatic rings. The lowest BCUT2D eigenvalue weighted by Gasteiger charge is -2.36. The molecular formula is C19H31Cl2N3O. The van der Waals surface area contributed by atoms with Gasteiger partial charge >= 0.3 is 0 Å². The third-order valence-corrected chi connectivity index (χ3v) is 5.37. The van der Waals surface area contributed by atoms with Gasteiger partial charge in [-0.1, -0.05) is 43.2 Å². The van der Waals surface area contributed by atoms with Gasteiger partial charge in [0, 0.05) is 37.6 Å². The summed E-state index contributed by atoms with van der Waals surface area (Å²) in [5.74, 6) is 0.0840. The molecule has 3 N–H and O–H groups in total. The minimum Gasteiger partial charge on any atom is -0.353 e. The van der Waals surface area contributed by atoms with E-state index in [4.69, 9.17) is 5.73 Å². The summed E-state index contributed by atoms with van der Waals surface area (Å²) < 4.78 is 0. The highest BCUT2D eigenvalue weighted by Gasteiger charge is 2.27. The maximum absolute atomic E-state index is 12.2. The average molecular weight is 388 g/mol. The van der Waals surface area contributed by atoms with E-state index in [1.807, 2.05) is 30.3 Å². The van der Waals surface area contributed by atoms with Crippen molar-refractivity contribution in [2.45, 2.75) is 63.1 Å². The maximum Gasteiger partial charge on any atom is 0.222 e. The number of hydrogen-bond acceptors (Lipinski definition) is 3. The van der Waals surface area contributed by atoms with Crippen molar-refractivity contribution in [3.05, 3.63) is 35.9 Å². The van der Waals surface area contributed by atoms with Crippen molar-refractivity contribution < 1.29 is 4.79 Å². The van der Waals surface area contributed by atoms with Crippen LogP contribution in [-0.2, 0) is 4.79 Å². The topological polar surface area (TPSA) is 58.4 Å². The zero-order valence-corrected chi connectivity index (χ0v) is 16.4. The van der Waals surface area contributed by atoms with Crippen molar-refractivity contribution in [1.82, 2.24) is 10.2 Å². The summed E-state index contributed by atoms with van der Waals surface area (Å²) >= 11 is 0. The van der Waals surface area contributed by atoms with Crippen molar-refractivity contribution in [2.75, 3.05) is 13.1 Å². The standard InChI is InChI=1S/C19H29N3O.2ClH/c20-18(15-6-2-1-3-7-15)14-19(23)21-16-10-12-22(13-11-16)17-8-4-5-9-17;;/h1-3,6-7,16-18H,4-5,8-14,20H2,(H,21,23);2*1H. The number of benzene rings is 1. The molecule has 1 aromatic carbocycles. The number of carbonyl (C=O) groups excluding carboxylic acids is 1. The lowest BCUT2D eigenvalue weighted by atomic mass is 10.0. The van der Waals surface area contributed by atoms with Crippen LogP contribution in [0, 0.1) is 0 Å². The van der Waals surface area contributed by atoms with E-state index in [1.165, 1.54) is 25.7 Å². The molecular weight excluding hydrogens is 357 g/mol. The minimum atomic E-state index is -0.213. The molecule has 2 fully saturated rings. The monoisotopic (exact) mass is 387 g/mol. The van der Waals surface area contributed by atoms with Crippen molar-refractivity contribution in [2.24, 2.45) is 5.73 Å². The van der Waals surface area contributed by atoms with E-state index in [1.54, 1.807) is 0 Å². The number of carbonyl (C=O) groups is 1. The van der Waals surface area contributed by atoms with Crippen LogP contribution in [0.1, 0.15) is 56.6 Å². The lowest BCUT2D eigenvalue weighted by Crippen LogP contribution is -2.47. The van der Waals surface area contributed by atoms with Gasteiger partial charge in [0.25, 0.3) is 0 Å². The molecule has 1 aliphatic carbocycles. The Hall–Kier alpha value is -0.810. The van der Waals surface area contributed by atoms with Crippen molar-refractivity contribution in [3.8, 4) is 0 Å². The summed E-state index contributed by atoms with van der Waals surface area (Å²) in [5.41, 5.74) is 7.16. The van der Waals surface area contributed by atoms with E-state index in [-0.39, 0.29) is 36.8 Å². The van der Waals surface area contributed by atoms with Crippen molar-refractivity contribution in [3.63, 3.8) is 0 Å². The van der Waals surface area contributed by atoms with Crippen LogP contribution in [0.2, 0.25) is 0 Å². The van der Waals surface area contributed by atoms with Gasteiger partial charge in [0.1, 0.15) is 0 Å². The molecule has 1 aliphatic heterocycles. The van der Waals surface area contributed by atoms with E-state index < -0.39 is 0 Å². The summed E-state index contributed by atoms with van der Waals surface area (Å²) in [6.45, 7) is 2.25. The molecule has 1 saturated carbocycles. The number of piperidine rings is 1. The smallest absolute Gasteiger partial charge is 0.222 e. The van der Waals surface area contributed by atoms with Crippen LogP contribution >= 0.6 is 24.8 Å². The molecule has 1 heterocycles. The van der Waals surface area contributed by atoms with Crippen molar-refractivity contribution >= 4 is 30.7 Å². The van der Waals surface area contributed by atoms with Crippen LogP contribution in [0.4, 0.5) is 0 Å². The van der Waals surface area contributed by atoms with E-state index in [0.29, 0.717) is 12.5 Å². The summed E-state index contributed by atoms with van der Waals surface area (Å²) in [7, 11) is 0. The normalized spacial score (nSPS) is 20.4. The fraction of sp³-hybridized carbons (Fsp3) is 0.632. The zero-order valence-electron chi connectivity index (χ0n) is 14.7. The second-order valence-electron chi connectivity index (χ2n) is 7.04. The van der Waals surface area contributed by atoms with E-state index >= 15 is 0 Å². The number of nitrogens with zero attached hydrogens (tertiary/aromatic N) is 1. The average Bonchev–Trinajstić information content (AvgIpc) is 3.11. The molecule has 1 aromatic rings. The Morgan fingerprint density at radius 2 is 1.68 bits per heavy atom. The number of amides is 1. The first-order valence-electron chi connectivity index (χ1n) is 9.06. The molecule has 1 amide bonds. The first-order valence-corrected chi connectivity index (χ1v) is 9.06. The third-order valence-electron chi connectivity index (χ3n) is 5.37. The van der Waals surface area contributed by atoms with Crippen molar-refractivity contribution in [1.29, 1.82) is 0 Å². The van der Waals surface area contributed by atoms with E-state index in [2.05, 4.69) is 10.2 Å². The van der Waals surface area contributed by atoms with Gasteiger partial charge in [-0.25, -0.2) is 0 Å². The van der Waals surface area contributed by atoms with Crippen LogP contribution in [-0.4, -0.2) is 36.0 Å². The van der Waals surface area contributed by atoms with Gasteiger partial charge in [0.2, 0.25) is 5.91 Å². The fourth-order valence-corrected chi connectivity index (χ4v) is 3.98. The molecule has 0 spiro atoms. The molecule has 1 atom stereocenters. The van der Waals surface area contributed by atoms with Gasteiger partial charge in [-0.15, -0.1) is 24.8 Å². The molecule has 0 radical (unpaired) electrons. The Balaban J connectivity index is 0.00000156. The second kappa shape index (κ2) is 11.0. The number of nitrogens with two attached hydrogens (primary N) is 1. The van der Waals surface area contributed by atoms with Gasteiger partial charge in [-0.05, 0) is 31.2 Å². The Labute approximate surface area is 163 Å². The summed E-state index contributed by atoms with van der Waals surface area (Å²) in [5, 5.41) is 3.19. The molecule has 0 aromatic heterocycles. The molecule has 1 saturated heterocycles. The molecule has 0 bridgehead atoms. The third kappa shape index (κ3) is 6.45. The highest BCUT2D eigenvalue weighted by atomic mass is 35.5. The molecule has 3 rings (SSSR count). The summed E-state index contributed by atoms with van der Waals surface area (Å²) in [4.78, 5) is 14.9. The fourth-order valence-electron chi connectivity index (χ4n) is 3.98. The predicted octanol–water partition coefficient (Wildman–Crippen LogP) is 3.44. The van der Waals surface area contributed by atoms with Gasteiger partial charge < -0.3 is 16.0 Å². The van der Waals surface area contributed by atoms with Crippen LogP contribution in [0.3, 0.4) is 0 Å². The first kappa shape index (κ1) is 22.2. The quantitative estimate of drug-likeness (QED) is 0.813. The Bertz CT molecular complexity index is 501. The SMILES string of the molecule is Cl.Cl.NC(CC(=O)NC1CCN(C2CCCC2)CC1)c1ccccc1. The number of nitrogens with one attached hydrogen (secondary N) is 1. The zero-order chi connectivity index (χ0) is 16.1. The maximum atomic E-state index is 12.2. The van der Waals surface area contributed by atoms with Crippen LogP contribution in [0.5, 0.6) is 0 Å². The lowest BCUT2D eigenvalue weighted by molar-refractivity contribution is -0.122. The van der Waals surface area contributed by atoms with Gasteiger partial charge in [0.05, 0.1) is 0 Å². The molecule has 6 heteroatoms. The Morgan fingerprint density at radius 3 is 2.28 bits per heavy atom. The largest absolute Gasteiger partial charge is 0.353 e. The van der Waals surface area contributed by atoms with E-state index in [0.717, 1.165) is 37.5 Å². The molecule has 4 nitrogen and oxygen atoms in total. The van der Waals surface area contributed by atoms with Crippen LogP contribution < -0.4 is 11.1 Å². The highest BCUT2D eigenvalue weighted by Crippen LogP contribution is 2.26. The Morgan fingerprint density at radius 1 is 1.08 bits per heavy atom. The summed E-state index contributed by atoms with van der Waals surface area (Å²) in [6, 6.07) is 10.8. The van der Waals surface area contributed by atoms with Gasteiger partial charge in [0.15, 0.2) is 0 Å². The second-order valence-corrected chi connectivity index (χ2v) is 7.04. The molecule has 25 heavy (non-hydrogen) atoms. The molecule has 1 unspecified atom stereocenters. The van der Waals surface area contributed by atoms with Crippen LogP contribution in [0.25, 0.3) is 0 Å². The molecule has 142 valence electrons. The van der Waals surface area contributed by atoms with E-state index in [9.17, 15) is 4.79 Å². The highest BCUT2D eigenvalue weighted by molar-refractivity contribution is 5.85. The first-order chi connectivity index (χ1) is 11.2. The Kier molecular flexibility index (Phi) is 9.80. The predicted molar refractivity (Wildman–Crippen MR) is 107 cm³/mol. The minimum absolute atomic E-state index is 0. The van der Waals surface area contributed by atoms with Crippen LogP contribution in [0.15, 0.2) is 30.3 Å². The number of rotatable bonds is 5. The number of hydrogen-bond donors (Lipinski definition) is 2. The van der Waals surface area contributed by atoms with Gasteiger partial charge in [-0.3, -0.25) is 4.79 Å². The number of likely N-dealkylation sites (tertiary alicyclic amines) is 1. The summed E-state index contributed by atoms with van der Waals surface area (Å²) in [6.07, 6.45) is 8.02. The number of halogens is 2. The van der Waals surface area contributed by atoms with Gasteiger partial charge in [-0.2, -0.15) is 0 Å².